The van der Waals surface area contributed by atoms with Crippen molar-refractivity contribution in [3.05, 3.63) is 23.9 Å². The van der Waals surface area contributed by atoms with E-state index < -0.39 is 0 Å². The topological polar surface area (TPSA) is 58.1 Å². The molecule has 0 spiro atoms. The van der Waals surface area contributed by atoms with Crippen LogP contribution in [0.3, 0.4) is 0 Å². The number of carbonyl (C=O) groups is 1. The molecule has 13 heavy (non-hydrogen) atoms. The molecule has 1 aromatic heterocycles. The van der Waals surface area contributed by atoms with Crippen LogP contribution in [0.2, 0.25) is 0 Å². The van der Waals surface area contributed by atoms with E-state index in [9.17, 15) is 4.79 Å². The number of rotatable bonds is 3. The van der Waals surface area contributed by atoms with Gasteiger partial charge in [-0.05, 0) is 13.8 Å². The molecule has 0 atom stereocenters. The Morgan fingerprint density at radius 1 is 1.77 bits per heavy atom. The van der Waals surface area contributed by atoms with Crippen LogP contribution in [0.4, 0.5) is 5.82 Å². The summed E-state index contributed by atoms with van der Waals surface area (Å²) in [6.07, 6.45) is 3.10. The van der Waals surface area contributed by atoms with Crippen molar-refractivity contribution in [1.82, 2.24) is 10.2 Å². The molecule has 0 fully saturated rings. The normalized spacial score (nSPS) is 10.6. The molecule has 0 bridgehead atoms. The summed E-state index contributed by atoms with van der Waals surface area (Å²) in [4.78, 5) is 14.8. The van der Waals surface area contributed by atoms with Crippen LogP contribution < -0.4 is 0 Å². The van der Waals surface area contributed by atoms with Crippen molar-refractivity contribution in [1.29, 1.82) is 0 Å². The van der Waals surface area contributed by atoms with E-state index in [0.29, 0.717) is 11.4 Å². The highest BCUT2D eigenvalue weighted by Gasteiger charge is 1.98. The first-order valence-corrected chi connectivity index (χ1v) is 3.85. The number of nitrogens with one attached hydrogen (secondary N) is 1. The third-order valence-corrected chi connectivity index (χ3v) is 1.60. The first-order valence-electron chi connectivity index (χ1n) is 3.85. The minimum Gasteiger partial charge on any atom is -0.294 e. The smallest absolute Gasteiger partial charge is 0.160 e. The zero-order valence-corrected chi connectivity index (χ0v) is 7.66. The second-order valence-corrected chi connectivity index (χ2v) is 2.74. The first kappa shape index (κ1) is 9.38. The van der Waals surface area contributed by atoms with Crippen LogP contribution in [-0.2, 0) is 4.79 Å². The number of hydrogen-bond acceptors (Lipinski definition) is 3. The molecule has 4 nitrogen and oxygen atoms in total. The van der Waals surface area contributed by atoms with Gasteiger partial charge in [0.25, 0.3) is 0 Å². The van der Waals surface area contributed by atoms with E-state index in [-0.39, 0.29) is 5.78 Å². The molecule has 1 N–H and O–H groups in total. The maximum Gasteiger partial charge on any atom is 0.160 e. The van der Waals surface area contributed by atoms with E-state index in [2.05, 4.69) is 21.8 Å². The van der Waals surface area contributed by atoms with Crippen LogP contribution in [0, 0.1) is 6.92 Å². The summed E-state index contributed by atoms with van der Waals surface area (Å²) in [5, 5.41) is 6.49. The number of aryl methyl sites for hydroxylation is 1. The third kappa shape index (κ3) is 2.37. The Morgan fingerprint density at radius 3 is 2.92 bits per heavy atom. The Kier molecular flexibility index (Phi) is 2.74. The highest BCUT2D eigenvalue weighted by molar-refractivity contribution is 6.11. The number of aromatic nitrogens is 2. The number of aliphatic imine (C=N–C) groups is 1. The lowest BCUT2D eigenvalue weighted by molar-refractivity contribution is -0.113. The molecule has 1 rings (SSSR count). The molecule has 0 aliphatic rings. The van der Waals surface area contributed by atoms with Crippen molar-refractivity contribution >= 4 is 17.8 Å². The number of carbonyl (C=O) groups excluding carboxylic acids is 1. The van der Waals surface area contributed by atoms with Gasteiger partial charge in [-0.25, -0.2) is 4.99 Å². The fourth-order valence-corrected chi connectivity index (χ4v) is 0.704. The van der Waals surface area contributed by atoms with Gasteiger partial charge in [0.05, 0.1) is 6.20 Å². The molecule has 0 unspecified atom stereocenters. The molecule has 0 aliphatic heterocycles. The van der Waals surface area contributed by atoms with Crippen molar-refractivity contribution in [3.63, 3.8) is 0 Å². The predicted octanol–water partition coefficient (Wildman–Crippen LogP) is 1.57. The molecule has 68 valence electrons. The quantitative estimate of drug-likeness (QED) is 0.562. The van der Waals surface area contributed by atoms with Crippen LogP contribution in [0.25, 0.3) is 0 Å². The van der Waals surface area contributed by atoms with E-state index in [1.807, 2.05) is 6.92 Å². The molecule has 0 radical (unpaired) electrons. The SMILES string of the molecule is C=C(/C=N\c1[nH]ncc1C)C(C)=O. The standard InChI is InChI=1S/C9H11N3O/c1-6(8(3)13)4-10-9-7(2)5-11-12-9/h4-5H,1H2,2-3H3,(H,11,12)/b10-4-. The second kappa shape index (κ2) is 3.80. The Balaban J connectivity index is 2.75. The van der Waals surface area contributed by atoms with Gasteiger partial charge in [0.15, 0.2) is 11.6 Å². The summed E-state index contributed by atoms with van der Waals surface area (Å²) in [6, 6.07) is 0. The number of aromatic amines is 1. The van der Waals surface area contributed by atoms with Crippen molar-refractivity contribution in [2.24, 2.45) is 4.99 Å². The molecular weight excluding hydrogens is 166 g/mol. The predicted molar refractivity (Wildman–Crippen MR) is 51.3 cm³/mol. The molecule has 4 heteroatoms. The number of nitrogens with zero attached hydrogens (tertiary/aromatic N) is 2. The summed E-state index contributed by atoms with van der Waals surface area (Å²) in [6.45, 7) is 6.88. The maximum absolute atomic E-state index is 10.8. The average Bonchev–Trinajstić information content (AvgIpc) is 2.47. The minimum atomic E-state index is -0.0825. The molecule has 1 heterocycles. The summed E-state index contributed by atoms with van der Waals surface area (Å²) in [7, 11) is 0. The second-order valence-electron chi connectivity index (χ2n) is 2.74. The number of allylic oxidation sites excluding steroid dienone is 1. The van der Waals surface area contributed by atoms with Crippen molar-refractivity contribution in [3.8, 4) is 0 Å². The summed E-state index contributed by atoms with van der Waals surface area (Å²) < 4.78 is 0. The summed E-state index contributed by atoms with van der Waals surface area (Å²) in [5.41, 5.74) is 1.32. The van der Waals surface area contributed by atoms with Gasteiger partial charge < -0.3 is 0 Å². The Labute approximate surface area is 76.4 Å². The summed E-state index contributed by atoms with van der Waals surface area (Å²) in [5.74, 6) is 0.573. The molecule has 0 saturated carbocycles. The van der Waals surface area contributed by atoms with Gasteiger partial charge in [-0.1, -0.05) is 6.58 Å². The molecule has 0 saturated heterocycles. The zero-order chi connectivity index (χ0) is 9.84. The van der Waals surface area contributed by atoms with Gasteiger partial charge in [-0.3, -0.25) is 9.89 Å². The fraction of sp³-hybridized carbons (Fsp3) is 0.222. The van der Waals surface area contributed by atoms with Crippen LogP contribution in [-0.4, -0.2) is 22.2 Å². The Morgan fingerprint density at radius 2 is 2.46 bits per heavy atom. The van der Waals surface area contributed by atoms with Gasteiger partial charge in [0, 0.05) is 17.4 Å². The molecule has 0 aliphatic carbocycles. The lowest BCUT2D eigenvalue weighted by Crippen LogP contribution is -1.94. The Bertz CT molecular complexity index is 363. The molecular formula is C9H11N3O. The lowest BCUT2D eigenvalue weighted by Gasteiger charge is -1.90. The van der Waals surface area contributed by atoms with Crippen molar-refractivity contribution in [2.75, 3.05) is 0 Å². The first-order chi connectivity index (χ1) is 6.11. The largest absolute Gasteiger partial charge is 0.294 e. The highest BCUT2D eigenvalue weighted by atomic mass is 16.1. The molecule has 1 aromatic rings. The van der Waals surface area contributed by atoms with Gasteiger partial charge in [-0.2, -0.15) is 5.10 Å². The maximum atomic E-state index is 10.8. The van der Waals surface area contributed by atoms with E-state index in [0.717, 1.165) is 5.56 Å². The van der Waals surface area contributed by atoms with Crippen molar-refractivity contribution < 1.29 is 4.79 Å². The van der Waals surface area contributed by atoms with Gasteiger partial charge in [0.1, 0.15) is 0 Å². The minimum absolute atomic E-state index is 0.0825. The third-order valence-electron chi connectivity index (χ3n) is 1.60. The lowest BCUT2D eigenvalue weighted by atomic mass is 10.2. The number of hydrogen-bond donors (Lipinski definition) is 1. The van der Waals surface area contributed by atoms with Crippen LogP contribution in [0.1, 0.15) is 12.5 Å². The average molecular weight is 177 g/mol. The van der Waals surface area contributed by atoms with Crippen LogP contribution in [0.5, 0.6) is 0 Å². The molecule has 0 amide bonds. The van der Waals surface area contributed by atoms with Crippen LogP contribution in [0.15, 0.2) is 23.3 Å². The van der Waals surface area contributed by atoms with Crippen molar-refractivity contribution in [2.45, 2.75) is 13.8 Å². The highest BCUT2D eigenvalue weighted by Crippen LogP contribution is 2.11. The van der Waals surface area contributed by atoms with Gasteiger partial charge in [-0.15, -0.1) is 0 Å². The van der Waals surface area contributed by atoms with E-state index in [4.69, 9.17) is 0 Å². The fourth-order valence-electron chi connectivity index (χ4n) is 0.704. The Hall–Kier alpha value is -1.71. The number of ketones is 1. The van der Waals surface area contributed by atoms with E-state index >= 15 is 0 Å². The summed E-state index contributed by atoms with van der Waals surface area (Å²) >= 11 is 0. The monoisotopic (exact) mass is 177 g/mol. The van der Waals surface area contributed by atoms with E-state index in [1.54, 1.807) is 6.20 Å². The number of H-pyrrole nitrogens is 1. The van der Waals surface area contributed by atoms with Gasteiger partial charge >= 0.3 is 0 Å². The van der Waals surface area contributed by atoms with E-state index in [1.165, 1.54) is 13.1 Å². The number of Topliss-reactive ketones (excluding diaryl/α,β-unsaturated/α-hetero) is 1. The van der Waals surface area contributed by atoms with Gasteiger partial charge in [0.2, 0.25) is 0 Å². The van der Waals surface area contributed by atoms with Crippen LogP contribution >= 0.6 is 0 Å². The molecule has 0 aromatic carbocycles. The zero-order valence-electron chi connectivity index (χ0n) is 7.66.